The minimum Gasteiger partial charge on any atom is -0.481 e. The molecule has 3 N–H and O–H groups in total. The summed E-state index contributed by atoms with van der Waals surface area (Å²) in [6, 6.07) is -0.0538. The average molecular weight is 314 g/mol. The predicted octanol–water partition coefficient (Wildman–Crippen LogP) is 2.07. The first kappa shape index (κ1) is 18.7. The fourth-order valence-corrected chi connectivity index (χ4v) is 2.84. The molecular formula is C16H30N2O4. The highest BCUT2D eigenvalue weighted by atomic mass is 16.4. The van der Waals surface area contributed by atoms with Gasteiger partial charge in [0.15, 0.2) is 0 Å². The van der Waals surface area contributed by atoms with Crippen molar-refractivity contribution in [1.82, 2.24) is 10.2 Å². The Hall–Kier alpha value is -1.30. The van der Waals surface area contributed by atoms with Gasteiger partial charge in [-0.05, 0) is 37.5 Å². The normalized spacial score (nSPS) is 22.2. The van der Waals surface area contributed by atoms with E-state index in [4.69, 9.17) is 10.2 Å². The van der Waals surface area contributed by atoms with Crippen LogP contribution in [-0.2, 0) is 4.79 Å². The number of carboxylic acids is 1. The summed E-state index contributed by atoms with van der Waals surface area (Å²) < 4.78 is 0. The Morgan fingerprint density at radius 1 is 1.18 bits per heavy atom. The van der Waals surface area contributed by atoms with Gasteiger partial charge in [-0.15, -0.1) is 0 Å². The summed E-state index contributed by atoms with van der Waals surface area (Å²) in [5.41, 5.74) is -0.00619. The van der Waals surface area contributed by atoms with E-state index >= 15 is 0 Å². The number of hydrogen-bond acceptors (Lipinski definition) is 3. The van der Waals surface area contributed by atoms with E-state index in [9.17, 15) is 9.59 Å². The molecule has 1 aliphatic carbocycles. The van der Waals surface area contributed by atoms with Crippen molar-refractivity contribution < 1.29 is 19.8 Å². The monoisotopic (exact) mass is 314 g/mol. The van der Waals surface area contributed by atoms with Crippen molar-refractivity contribution in [2.75, 3.05) is 19.7 Å². The molecule has 0 heterocycles. The predicted molar refractivity (Wildman–Crippen MR) is 84.6 cm³/mol. The first-order valence-corrected chi connectivity index (χ1v) is 8.12. The minimum absolute atomic E-state index is 0.00619. The lowest BCUT2D eigenvalue weighted by Crippen LogP contribution is -2.49. The molecule has 1 rings (SSSR count). The molecule has 0 aromatic rings. The summed E-state index contributed by atoms with van der Waals surface area (Å²) in [6.07, 6.45) is 3.24. The molecule has 0 bridgehead atoms. The van der Waals surface area contributed by atoms with Crippen molar-refractivity contribution in [3.05, 3.63) is 0 Å². The van der Waals surface area contributed by atoms with Crippen LogP contribution >= 0.6 is 0 Å². The molecule has 6 nitrogen and oxygen atoms in total. The molecule has 1 fully saturated rings. The SMILES string of the molecule is CC(C)(C)CN(CCCO)C(=O)NC1CCC(C(=O)O)CC1. The molecule has 0 radical (unpaired) electrons. The highest BCUT2D eigenvalue weighted by Crippen LogP contribution is 2.24. The number of aliphatic hydroxyl groups excluding tert-OH is 1. The molecule has 0 atom stereocenters. The number of carboxylic acid groups (broad SMARTS) is 1. The summed E-state index contributed by atoms with van der Waals surface area (Å²) >= 11 is 0. The molecule has 128 valence electrons. The summed E-state index contributed by atoms with van der Waals surface area (Å²) in [4.78, 5) is 25.1. The van der Waals surface area contributed by atoms with Gasteiger partial charge in [-0.25, -0.2) is 4.79 Å². The van der Waals surface area contributed by atoms with Gasteiger partial charge in [-0.2, -0.15) is 0 Å². The number of nitrogens with zero attached hydrogens (tertiary/aromatic N) is 1. The van der Waals surface area contributed by atoms with Crippen LogP contribution in [0, 0.1) is 11.3 Å². The zero-order chi connectivity index (χ0) is 16.8. The van der Waals surface area contributed by atoms with Crippen LogP contribution in [0.2, 0.25) is 0 Å². The van der Waals surface area contributed by atoms with Gasteiger partial charge < -0.3 is 20.4 Å². The largest absolute Gasteiger partial charge is 0.481 e. The van der Waals surface area contributed by atoms with Crippen LogP contribution < -0.4 is 5.32 Å². The van der Waals surface area contributed by atoms with Gasteiger partial charge in [-0.1, -0.05) is 20.8 Å². The van der Waals surface area contributed by atoms with Crippen molar-refractivity contribution in [2.45, 2.75) is 58.9 Å². The van der Waals surface area contributed by atoms with Gasteiger partial charge in [0, 0.05) is 25.7 Å². The fourth-order valence-electron chi connectivity index (χ4n) is 2.84. The third-order valence-corrected chi connectivity index (χ3v) is 3.94. The van der Waals surface area contributed by atoms with Crippen molar-refractivity contribution >= 4 is 12.0 Å². The quantitative estimate of drug-likeness (QED) is 0.700. The zero-order valence-corrected chi connectivity index (χ0v) is 14.0. The zero-order valence-electron chi connectivity index (χ0n) is 14.0. The summed E-state index contributed by atoms with van der Waals surface area (Å²) in [7, 11) is 0. The molecule has 0 aromatic carbocycles. The smallest absolute Gasteiger partial charge is 0.317 e. The maximum absolute atomic E-state index is 12.4. The summed E-state index contributed by atoms with van der Waals surface area (Å²) in [5.74, 6) is -1.00. The highest BCUT2D eigenvalue weighted by molar-refractivity contribution is 5.74. The van der Waals surface area contributed by atoms with Crippen LogP contribution in [0.15, 0.2) is 0 Å². The van der Waals surface area contributed by atoms with Crippen LogP contribution in [0.25, 0.3) is 0 Å². The Morgan fingerprint density at radius 2 is 1.77 bits per heavy atom. The second-order valence-electron chi connectivity index (χ2n) is 7.40. The highest BCUT2D eigenvalue weighted by Gasteiger charge is 2.28. The van der Waals surface area contributed by atoms with Gasteiger partial charge in [-0.3, -0.25) is 4.79 Å². The molecule has 2 amide bonds. The van der Waals surface area contributed by atoms with E-state index in [0.717, 1.165) is 0 Å². The van der Waals surface area contributed by atoms with Gasteiger partial charge in [0.1, 0.15) is 0 Å². The van der Waals surface area contributed by atoms with Gasteiger partial charge in [0.2, 0.25) is 0 Å². The first-order valence-electron chi connectivity index (χ1n) is 8.12. The van der Waals surface area contributed by atoms with Crippen LogP contribution in [0.3, 0.4) is 0 Å². The van der Waals surface area contributed by atoms with Crippen LogP contribution in [0.1, 0.15) is 52.9 Å². The number of nitrogens with one attached hydrogen (secondary N) is 1. The van der Waals surface area contributed by atoms with Gasteiger partial charge in [0.05, 0.1) is 5.92 Å². The van der Waals surface area contributed by atoms with E-state index < -0.39 is 5.97 Å². The van der Waals surface area contributed by atoms with Crippen molar-refractivity contribution in [3.63, 3.8) is 0 Å². The molecule has 0 aliphatic heterocycles. The topological polar surface area (TPSA) is 89.9 Å². The molecule has 6 heteroatoms. The Morgan fingerprint density at radius 3 is 2.23 bits per heavy atom. The van der Waals surface area contributed by atoms with E-state index in [1.807, 2.05) is 0 Å². The third-order valence-electron chi connectivity index (χ3n) is 3.94. The molecule has 0 saturated heterocycles. The fraction of sp³-hybridized carbons (Fsp3) is 0.875. The van der Waals surface area contributed by atoms with E-state index in [2.05, 4.69) is 26.1 Å². The van der Waals surface area contributed by atoms with E-state index in [-0.39, 0.29) is 30.0 Å². The van der Waals surface area contributed by atoms with Crippen molar-refractivity contribution in [2.24, 2.45) is 11.3 Å². The van der Waals surface area contributed by atoms with Crippen molar-refractivity contribution in [1.29, 1.82) is 0 Å². The number of carbonyl (C=O) groups excluding carboxylic acids is 1. The molecule has 1 saturated carbocycles. The van der Waals surface area contributed by atoms with E-state index in [1.54, 1.807) is 4.90 Å². The number of aliphatic hydroxyl groups is 1. The second kappa shape index (κ2) is 8.36. The Balaban J connectivity index is 2.50. The molecule has 0 spiro atoms. The van der Waals surface area contributed by atoms with Gasteiger partial charge in [0.25, 0.3) is 0 Å². The first-order chi connectivity index (χ1) is 10.2. The third kappa shape index (κ3) is 6.64. The van der Waals surface area contributed by atoms with Gasteiger partial charge >= 0.3 is 12.0 Å². The van der Waals surface area contributed by atoms with E-state index in [0.29, 0.717) is 45.2 Å². The Bertz CT molecular complexity index is 371. The maximum Gasteiger partial charge on any atom is 0.317 e. The lowest BCUT2D eigenvalue weighted by molar-refractivity contribution is -0.142. The standard InChI is InChI=1S/C16H30N2O4/c1-16(2,3)11-18(9-4-10-19)15(22)17-13-7-5-12(6-8-13)14(20)21/h12-13,19H,4-11H2,1-3H3,(H,17,22)(H,20,21). The van der Waals surface area contributed by atoms with Crippen LogP contribution in [-0.4, -0.2) is 52.9 Å². The van der Waals surface area contributed by atoms with Crippen molar-refractivity contribution in [3.8, 4) is 0 Å². The Labute approximate surface area is 132 Å². The van der Waals surface area contributed by atoms with Crippen LogP contribution in [0.4, 0.5) is 4.79 Å². The minimum atomic E-state index is -0.734. The lowest BCUT2D eigenvalue weighted by atomic mass is 9.86. The number of rotatable bonds is 6. The number of hydrogen-bond donors (Lipinski definition) is 3. The average Bonchev–Trinajstić information content (AvgIpc) is 2.42. The molecule has 0 aromatic heterocycles. The number of urea groups is 1. The molecule has 22 heavy (non-hydrogen) atoms. The summed E-state index contributed by atoms with van der Waals surface area (Å²) in [6.45, 7) is 7.45. The number of aliphatic carboxylic acids is 1. The van der Waals surface area contributed by atoms with Crippen LogP contribution in [0.5, 0.6) is 0 Å². The second-order valence-corrected chi connectivity index (χ2v) is 7.40. The number of amides is 2. The van der Waals surface area contributed by atoms with E-state index in [1.165, 1.54) is 0 Å². The Kier molecular flexibility index (Phi) is 7.13. The molecular weight excluding hydrogens is 284 g/mol. The summed E-state index contributed by atoms with van der Waals surface area (Å²) in [5, 5.41) is 21.0. The molecule has 1 aliphatic rings. The number of carbonyl (C=O) groups is 2. The maximum atomic E-state index is 12.4. The molecule has 0 unspecified atom stereocenters. The lowest BCUT2D eigenvalue weighted by Gasteiger charge is -2.33.